The first-order chi connectivity index (χ1) is 10.5. The van der Waals surface area contributed by atoms with Gasteiger partial charge in [-0.25, -0.2) is 8.78 Å². The molecule has 0 radical (unpaired) electrons. The van der Waals surface area contributed by atoms with Crippen molar-refractivity contribution in [3.05, 3.63) is 12.2 Å². The third-order valence-corrected chi connectivity index (χ3v) is 4.85. The Kier molecular flexibility index (Phi) is 3.20. The van der Waals surface area contributed by atoms with E-state index in [0.29, 0.717) is 24.1 Å². The Bertz CT molecular complexity index is 580. The van der Waals surface area contributed by atoms with E-state index >= 15 is 0 Å². The maximum Gasteiger partial charge on any atom is 0.267 e. The lowest BCUT2D eigenvalue weighted by Gasteiger charge is -2.23. The summed E-state index contributed by atoms with van der Waals surface area (Å²) in [6.07, 6.45) is 6.08. The summed E-state index contributed by atoms with van der Waals surface area (Å²) < 4.78 is 29.7. The molecule has 5 nitrogen and oxygen atoms in total. The number of rotatable bonds is 5. The molecule has 1 aliphatic heterocycles. The summed E-state index contributed by atoms with van der Waals surface area (Å²) >= 11 is 0. The van der Waals surface area contributed by atoms with Crippen molar-refractivity contribution in [1.29, 1.82) is 0 Å². The van der Waals surface area contributed by atoms with Crippen molar-refractivity contribution in [2.75, 3.05) is 6.54 Å². The van der Waals surface area contributed by atoms with E-state index in [1.807, 2.05) is 4.57 Å². The van der Waals surface area contributed by atoms with Crippen LogP contribution in [0.2, 0.25) is 0 Å². The van der Waals surface area contributed by atoms with Gasteiger partial charge in [0.1, 0.15) is 6.33 Å². The predicted molar refractivity (Wildman–Crippen MR) is 74.1 cm³/mol. The van der Waals surface area contributed by atoms with E-state index in [1.54, 1.807) is 6.33 Å². The summed E-state index contributed by atoms with van der Waals surface area (Å²) in [5, 5.41) is 7.95. The second-order valence-corrected chi connectivity index (χ2v) is 7.03. The normalized spacial score (nSPS) is 27.4. The standard InChI is InChI=1S/C15H20F2N4O/c16-15(17)6-12(21(8-15)13(22)5-10-1-2-10)14-19-18-9-20(14)7-11-3-4-11/h9-12H,1-8H2/t12-/m0/s1. The van der Waals surface area contributed by atoms with Gasteiger partial charge in [-0.3, -0.25) is 4.79 Å². The molecule has 7 heteroatoms. The van der Waals surface area contributed by atoms with Gasteiger partial charge in [0.25, 0.3) is 5.92 Å². The molecule has 2 aliphatic carbocycles. The lowest BCUT2D eigenvalue weighted by molar-refractivity contribution is -0.133. The van der Waals surface area contributed by atoms with Crippen LogP contribution in [0.5, 0.6) is 0 Å². The Balaban J connectivity index is 1.56. The molecule has 0 unspecified atom stereocenters. The Hall–Kier alpha value is -1.53. The van der Waals surface area contributed by atoms with Gasteiger partial charge in [-0.2, -0.15) is 0 Å². The van der Waals surface area contributed by atoms with Gasteiger partial charge in [0.2, 0.25) is 5.91 Å². The van der Waals surface area contributed by atoms with E-state index in [1.165, 1.54) is 17.7 Å². The fourth-order valence-corrected chi connectivity index (χ4v) is 3.24. The van der Waals surface area contributed by atoms with Crippen LogP contribution in [0.3, 0.4) is 0 Å². The highest BCUT2D eigenvalue weighted by Gasteiger charge is 2.49. The molecular weight excluding hydrogens is 290 g/mol. The fourth-order valence-electron chi connectivity index (χ4n) is 3.24. The molecule has 4 rings (SSSR count). The lowest BCUT2D eigenvalue weighted by Crippen LogP contribution is -2.34. The van der Waals surface area contributed by atoms with Gasteiger partial charge in [-0.1, -0.05) is 0 Å². The minimum Gasteiger partial charge on any atom is -0.326 e. The number of alkyl halides is 2. The van der Waals surface area contributed by atoms with Crippen molar-refractivity contribution >= 4 is 5.91 Å². The molecule has 2 saturated carbocycles. The quantitative estimate of drug-likeness (QED) is 0.839. The molecule has 1 aromatic rings. The second kappa shape index (κ2) is 4.99. The maximum atomic E-state index is 13.9. The minimum absolute atomic E-state index is 0.161. The number of amides is 1. The molecule has 0 N–H and O–H groups in total. The molecule has 1 saturated heterocycles. The van der Waals surface area contributed by atoms with Crippen LogP contribution >= 0.6 is 0 Å². The van der Waals surface area contributed by atoms with E-state index in [4.69, 9.17) is 0 Å². The number of aromatic nitrogens is 3. The molecule has 0 spiro atoms. The molecule has 22 heavy (non-hydrogen) atoms. The molecule has 1 aromatic heterocycles. The van der Waals surface area contributed by atoms with Crippen LogP contribution in [0.4, 0.5) is 8.78 Å². The summed E-state index contributed by atoms with van der Waals surface area (Å²) in [4.78, 5) is 13.7. The summed E-state index contributed by atoms with van der Waals surface area (Å²) in [5.74, 6) is -1.47. The van der Waals surface area contributed by atoms with Gasteiger partial charge in [0, 0.05) is 19.4 Å². The number of carbonyl (C=O) groups is 1. The Labute approximate surface area is 127 Å². The molecule has 3 aliphatic rings. The summed E-state index contributed by atoms with van der Waals surface area (Å²) in [5.41, 5.74) is 0. The van der Waals surface area contributed by atoms with Gasteiger partial charge in [-0.05, 0) is 37.5 Å². The van der Waals surface area contributed by atoms with Gasteiger partial charge in [-0.15, -0.1) is 10.2 Å². The van der Waals surface area contributed by atoms with Gasteiger partial charge < -0.3 is 9.47 Å². The number of nitrogens with zero attached hydrogens (tertiary/aromatic N) is 4. The van der Waals surface area contributed by atoms with Crippen LogP contribution in [0, 0.1) is 11.8 Å². The Morgan fingerprint density at radius 2 is 2.00 bits per heavy atom. The van der Waals surface area contributed by atoms with Crippen LogP contribution in [0.15, 0.2) is 6.33 Å². The molecule has 3 fully saturated rings. The monoisotopic (exact) mass is 310 g/mol. The van der Waals surface area contributed by atoms with Crippen LogP contribution in [0.25, 0.3) is 0 Å². The largest absolute Gasteiger partial charge is 0.326 e. The highest BCUT2D eigenvalue weighted by atomic mass is 19.3. The van der Waals surface area contributed by atoms with Gasteiger partial charge >= 0.3 is 0 Å². The second-order valence-electron chi connectivity index (χ2n) is 7.03. The minimum atomic E-state index is -2.83. The van der Waals surface area contributed by atoms with Crippen LogP contribution < -0.4 is 0 Å². The zero-order valence-electron chi connectivity index (χ0n) is 12.4. The zero-order valence-corrected chi connectivity index (χ0v) is 12.4. The topological polar surface area (TPSA) is 51.0 Å². The molecule has 120 valence electrons. The number of carbonyl (C=O) groups excluding carboxylic acids is 1. The average Bonchev–Trinajstić information content (AvgIpc) is 3.34. The predicted octanol–water partition coefficient (Wildman–Crippen LogP) is 2.40. The first-order valence-electron chi connectivity index (χ1n) is 8.07. The third-order valence-electron chi connectivity index (χ3n) is 4.85. The zero-order chi connectivity index (χ0) is 15.3. The van der Waals surface area contributed by atoms with E-state index in [0.717, 1.165) is 19.4 Å². The van der Waals surface area contributed by atoms with Crippen LogP contribution in [-0.2, 0) is 11.3 Å². The molecule has 1 amide bonds. The van der Waals surface area contributed by atoms with Crippen molar-refractivity contribution in [3.63, 3.8) is 0 Å². The van der Waals surface area contributed by atoms with E-state index in [9.17, 15) is 13.6 Å². The van der Waals surface area contributed by atoms with Crippen LogP contribution in [0.1, 0.15) is 50.4 Å². The number of likely N-dealkylation sites (tertiary alicyclic amines) is 1. The highest BCUT2D eigenvalue weighted by molar-refractivity contribution is 5.77. The van der Waals surface area contributed by atoms with Crippen molar-refractivity contribution in [3.8, 4) is 0 Å². The summed E-state index contributed by atoms with van der Waals surface area (Å²) in [6, 6.07) is -0.637. The molecule has 0 bridgehead atoms. The van der Waals surface area contributed by atoms with Crippen molar-refractivity contribution in [2.24, 2.45) is 11.8 Å². The molecule has 1 atom stereocenters. The first kappa shape index (κ1) is 14.1. The SMILES string of the molecule is O=C(CC1CC1)N1CC(F)(F)C[C@H]1c1nncn1CC1CC1. The molecule has 2 heterocycles. The molecular formula is C15H20F2N4O. The Morgan fingerprint density at radius 3 is 2.68 bits per heavy atom. The lowest BCUT2D eigenvalue weighted by atomic mass is 10.1. The number of hydrogen-bond acceptors (Lipinski definition) is 3. The van der Waals surface area contributed by atoms with E-state index in [2.05, 4.69) is 10.2 Å². The van der Waals surface area contributed by atoms with Gasteiger partial charge in [0.05, 0.1) is 12.6 Å². The number of hydrogen-bond donors (Lipinski definition) is 0. The Morgan fingerprint density at radius 1 is 1.27 bits per heavy atom. The smallest absolute Gasteiger partial charge is 0.267 e. The third kappa shape index (κ3) is 2.85. The average molecular weight is 310 g/mol. The summed E-state index contributed by atoms with van der Waals surface area (Å²) in [6.45, 7) is 0.286. The van der Waals surface area contributed by atoms with Crippen molar-refractivity contribution < 1.29 is 13.6 Å². The van der Waals surface area contributed by atoms with Crippen LogP contribution in [-0.4, -0.2) is 38.0 Å². The first-order valence-corrected chi connectivity index (χ1v) is 8.07. The fraction of sp³-hybridized carbons (Fsp3) is 0.800. The highest BCUT2D eigenvalue weighted by Crippen LogP contribution is 2.43. The van der Waals surface area contributed by atoms with Crippen molar-refractivity contribution in [2.45, 2.75) is 57.0 Å². The summed E-state index contributed by atoms with van der Waals surface area (Å²) in [7, 11) is 0. The maximum absolute atomic E-state index is 13.9. The number of halogens is 2. The van der Waals surface area contributed by atoms with Crippen molar-refractivity contribution in [1.82, 2.24) is 19.7 Å². The van der Waals surface area contributed by atoms with Gasteiger partial charge in [0.15, 0.2) is 5.82 Å². The molecule has 0 aromatic carbocycles. The van der Waals surface area contributed by atoms with E-state index in [-0.39, 0.29) is 12.3 Å². The van der Waals surface area contributed by atoms with E-state index < -0.39 is 18.5 Å².